The smallest absolute Gasteiger partial charge is 0.148 e. The largest absolute Gasteiger partial charge is 0.454 e. The van der Waals surface area contributed by atoms with Gasteiger partial charge in [-0.15, -0.1) is 11.3 Å². The van der Waals surface area contributed by atoms with Gasteiger partial charge in [-0.1, -0.05) is 71.3 Å². The molecule has 3 aromatic carbocycles. The van der Waals surface area contributed by atoms with E-state index in [4.69, 9.17) is 16.3 Å². The number of fused-ring (bicyclic) bond motifs is 1. The van der Waals surface area contributed by atoms with E-state index in [2.05, 4.69) is 108 Å². The molecule has 0 bridgehead atoms. The highest BCUT2D eigenvalue weighted by atomic mass is 35.5. The first-order valence-corrected chi connectivity index (χ1v) is 12.5. The van der Waals surface area contributed by atoms with E-state index in [0.717, 1.165) is 28.1 Å². The number of thiophene rings is 1. The highest BCUT2D eigenvalue weighted by molar-refractivity contribution is 7.17. The summed E-state index contributed by atoms with van der Waals surface area (Å²) in [7, 11) is 0. The van der Waals surface area contributed by atoms with Gasteiger partial charge in [-0.2, -0.15) is 0 Å². The standard InChI is InChI=1S/C29H32ClNOS/c1-18-14-23(31-21-11-8-19(9-12-21)28(2,3)4)27(30)24(15-18)32-25-17-33-26-13-10-20(16-22(25)26)29(5,6)7/h8-17,31H,1-7H3. The summed E-state index contributed by atoms with van der Waals surface area (Å²) < 4.78 is 7.60. The fraction of sp³-hybridized carbons (Fsp3) is 0.310. The highest BCUT2D eigenvalue weighted by Crippen LogP contribution is 2.42. The Balaban J connectivity index is 1.65. The van der Waals surface area contributed by atoms with Crippen LogP contribution in [-0.2, 0) is 10.8 Å². The van der Waals surface area contributed by atoms with Crippen molar-refractivity contribution in [2.75, 3.05) is 5.32 Å². The van der Waals surface area contributed by atoms with Crippen LogP contribution in [0.25, 0.3) is 10.1 Å². The van der Waals surface area contributed by atoms with E-state index in [-0.39, 0.29) is 10.8 Å². The SMILES string of the molecule is Cc1cc(Nc2ccc(C(C)(C)C)cc2)c(Cl)c(Oc2csc3ccc(C(C)(C)C)cc23)c1. The Hall–Kier alpha value is -2.49. The van der Waals surface area contributed by atoms with Gasteiger partial charge in [0.2, 0.25) is 0 Å². The van der Waals surface area contributed by atoms with Crippen LogP contribution in [0.3, 0.4) is 0 Å². The van der Waals surface area contributed by atoms with Crippen molar-refractivity contribution in [1.29, 1.82) is 0 Å². The fourth-order valence-corrected chi connectivity index (χ4v) is 4.82. The van der Waals surface area contributed by atoms with Crippen LogP contribution < -0.4 is 10.1 Å². The first-order chi connectivity index (χ1) is 15.4. The average Bonchev–Trinajstić information content (AvgIpc) is 3.12. The van der Waals surface area contributed by atoms with E-state index in [1.54, 1.807) is 11.3 Å². The van der Waals surface area contributed by atoms with Gasteiger partial charge in [-0.25, -0.2) is 0 Å². The first-order valence-electron chi connectivity index (χ1n) is 11.3. The third-order valence-electron chi connectivity index (χ3n) is 5.84. The summed E-state index contributed by atoms with van der Waals surface area (Å²) >= 11 is 8.51. The van der Waals surface area contributed by atoms with Gasteiger partial charge in [-0.3, -0.25) is 0 Å². The van der Waals surface area contributed by atoms with E-state index >= 15 is 0 Å². The van der Waals surface area contributed by atoms with Crippen molar-refractivity contribution in [3.63, 3.8) is 0 Å². The average molecular weight is 478 g/mol. The van der Waals surface area contributed by atoms with E-state index in [9.17, 15) is 0 Å². The molecule has 0 aliphatic carbocycles. The second-order valence-electron chi connectivity index (χ2n) is 10.7. The molecular weight excluding hydrogens is 446 g/mol. The van der Waals surface area contributed by atoms with Gasteiger partial charge in [0, 0.05) is 21.2 Å². The molecule has 0 saturated carbocycles. The number of nitrogens with one attached hydrogen (secondary N) is 1. The van der Waals surface area contributed by atoms with Crippen LogP contribution in [0.4, 0.5) is 11.4 Å². The Labute approximate surface area is 206 Å². The van der Waals surface area contributed by atoms with Crippen LogP contribution in [0, 0.1) is 6.92 Å². The molecule has 172 valence electrons. The van der Waals surface area contributed by atoms with Crippen molar-refractivity contribution in [2.24, 2.45) is 0 Å². The summed E-state index contributed by atoms with van der Waals surface area (Å²) in [4.78, 5) is 0. The lowest BCUT2D eigenvalue weighted by atomic mass is 9.86. The summed E-state index contributed by atoms with van der Waals surface area (Å²) in [6.45, 7) is 15.4. The molecule has 0 aliphatic rings. The summed E-state index contributed by atoms with van der Waals surface area (Å²) in [5, 5.41) is 7.23. The zero-order valence-electron chi connectivity index (χ0n) is 20.5. The highest BCUT2D eigenvalue weighted by Gasteiger charge is 2.18. The molecule has 0 fully saturated rings. The molecule has 0 radical (unpaired) electrons. The topological polar surface area (TPSA) is 21.3 Å². The van der Waals surface area contributed by atoms with Gasteiger partial charge in [0.1, 0.15) is 16.5 Å². The molecule has 1 N–H and O–H groups in total. The Morgan fingerprint density at radius 1 is 0.788 bits per heavy atom. The van der Waals surface area contributed by atoms with Gasteiger partial charge in [0.05, 0.1) is 5.69 Å². The number of rotatable bonds is 4. The molecular formula is C29H32ClNOS. The molecule has 2 nitrogen and oxygen atoms in total. The van der Waals surface area contributed by atoms with Crippen molar-refractivity contribution in [3.05, 3.63) is 81.7 Å². The molecule has 4 heteroatoms. The number of hydrogen-bond donors (Lipinski definition) is 1. The Bertz CT molecular complexity index is 1290. The zero-order chi connectivity index (χ0) is 24.0. The molecule has 1 aromatic heterocycles. The number of aryl methyl sites for hydroxylation is 1. The van der Waals surface area contributed by atoms with Crippen molar-refractivity contribution in [2.45, 2.75) is 59.3 Å². The number of ether oxygens (including phenoxy) is 1. The minimum Gasteiger partial charge on any atom is -0.454 e. The van der Waals surface area contributed by atoms with Crippen molar-refractivity contribution in [3.8, 4) is 11.5 Å². The molecule has 1 heterocycles. The molecule has 0 atom stereocenters. The summed E-state index contributed by atoms with van der Waals surface area (Å²) in [6, 6.07) is 19.2. The number of benzene rings is 3. The van der Waals surface area contributed by atoms with Crippen LogP contribution in [0.15, 0.2) is 60.0 Å². The van der Waals surface area contributed by atoms with Crippen molar-refractivity contribution in [1.82, 2.24) is 0 Å². The number of hydrogen-bond acceptors (Lipinski definition) is 3. The summed E-state index contributed by atoms with van der Waals surface area (Å²) in [5.41, 5.74) is 5.70. The van der Waals surface area contributed by atoms with Crippen molar-refractivity contribution >= 4 is 44.4 Å². The maximum absolute atomic E-state index is 6.82. The second-order valence-corrected chi connectivity index (χ2v) is 12.0. The predicted molar refractivity (Wildman–Crippen MR) is 145 cm³/mol. The lowest BCUT2D eigenvalue weighted by Crippen LogP contribution is -2.10. The van der Waals surface area contributed by atoms with Crippen LogP contribution in [0.5, 0.6) is 11.5 Å². The fourth-order valence-electron chi connectivity index (χ4n) is 3.78. The van der Waals surface area contributed by atoms with Gasteiger partial charge < -0.3 is 10.1 Å². The first kappa shape index (κ1) is 23.7. The van der Waals surface area contributed by atoms with Crippen LogP contribution in [-0.4, -0.2) is 0 Å². The quantitative estimate of drug-likeness (QED) is 0.315. The zero-order valence-corrected chi connectivity index (χ0v) is 22.0. The van der Waals surface area contributed by atoms with Gasteiger partial charge in [0.15, 0.2) is 0 Å². The molecule has 0 amide bonds. The molecule has 0 spiro atoms. The maximum atomic E-state index is 6.82. The van der Waals surface area contributed by atoms with Crippen LogP contribution in [0.1, 0.15) is 58.2 Å². The Morgan fingerprint density at radius 3 is 2.06 bits per heavy atom. The number of anilines is 2. The Kier molecular flexibility index (Phi) is 6.24. The minimum atomic E-state index is 0.0774. The summed E-state index contributed by atoms with van der Waals surface area (Å²) in [6.07, 6.45) is 0. The van der Waals surface area contributed by atoms with E-state index < -0.39 is 0 Å². The summed E-state index contributed by atoms with van der Waals surface area (Å²) in [5.74, 6) is 1.50. The molecule has 4 rings (SSSR count). The van der Waals surface area contributed by atoms with Crippen molar-refractivity contribution < 1.29 is 4.74 Å². The predicted octanol–water partition coefficient (Wildman–Crippen LogP) is 9.99. The molecule has 0 unspecified atom stereocenters. The third kappa shape index (κ3) is 5.20. The third-order valence-corrected chi connectivity index (χ3v) is 7.17. The van der Waals surface area contributed by atoms with Gasteiger partial charge >= 0.3 is 0 Å². The molecule has 0 saturated heterocycles. The maximum Gasteiger partial charge on any atom is 0.148 e. The monoisotopic (exact) mass is 477 g/mol. The van der Waals surface area contributed by atoms with E-state index in [1.807, 2.05) is 6.07 Å². The van der Waals surface area contributed by atoms with Gasteiger partial charge in [-0.05, 0) is 70.8 Å². The van der Waals surface area contributed by atoms with E-state index in [1.165, 1.54) is 15.8 Å². The Morgan fingerprint density at radius 2 is 1.42 bits per heavy atom. The number of halogens is 1. The minimum absolute atomic E-state index is 0.0774. The second kappa shape index (κ2) is 8.70. The van der Waals surface area contributed by atoms with Crippen LogP contribution >= 0.6 is 22.9 Å². The normalized spacial score (nSPS) is 12.2. The lowest BCUT2D eigenvalue weighted by Gasteiger charge is -2.20. The molecule has 33 heavy (non-hydrogen) atoms. The molecule has 4 aromatic rings. The van der Waals surface area contributed by atoms with E-state index in [0.29, 0.717) is 10.8 Å². The molecule has 0 aliphatic heterocycles. The van der Waals surface area contributed by atoms with Crippen LogP contribution in [0.2, 0.25) is 5.02 Å². The lowest BCUT2D eigenvalue weighted by molar-refractivity contribution is 0.490. The van der Waals surface area contributed by atoms with Gasteiger partial charge in [0.25, 0.3) is 0 Å².